The zero-order valence-electron chi connectivity index (χ0n) is 7.05. The summed E-state index contributed by atoms with van der Waals surface area (Å²) in [6, 6.07) is 0. The normalized spacial score (nSPS) is 14.9. The van der Waals surface area contributed by atoms with E-state index in [0.29, 0.717) is 5.92 Å². The van der Waals surface area contributed by atoms with Gasteiger partial charge in [-0.15, -0.1) is 0 Å². The number of rotatable bonds is 4. The van der Waals surface area contributed by atoms with Crippen LogP contribution >= 0.6 is 0 Å². The van der Waals surface area contributed by atoms with Gasteiger partial charge in [0.2, 0.25) is 0 Å². The molecule has 0 aromatic carbocycles. The zero-order valence-corrected chi connectivity index (χ0v) is 7.05. The molecule has 0 aromatic heterocycles. The highest BCUT2D eigenvalue weighted by Gasteiger charge is 2.00. The molecule has 1 heteroatoms. The zero-order chi connectivity index (χ0) is 7.98. The molecule has 0 N–H and O–H groups in total. The fourth-order valence-corrected chi connectivity index (χ4v) is 0.932. The molecule has 0 rings (SSSR count). The maximum Gasteiger partial charge on any atom is 0.142 e. The van der Waals surface area contributed by atoms with Crippen LogP contribution in [0.1, 0.15) is 33.6 Å². The van der Waals surface area contributed by atoms with E-state index in [1.165, 1.54) is 18.4 Å². The monoisotopic (exact) mass is 140 g/mol. The van der Waals surface area contributed by atoms with Crippen molar-refractivity contribution in [3.8, 4) is 0 Å². The summed E-state index contributed by atoms with van der Waals surface area (Å²) < 4.78 is 0. The summed E-state index contributed by atoms with van der Waals surface area (Å²) in [4.78, 5) is 10.0. The van der Waals surface area contributed by atoms with E-state index < -0.39 is 0 Å². The van der Waals surface area contributed by atoms with E-state index in [2.05, 4.69) is 13.8 Å². The maximum absolute atomic E-state index is 10.0. The molecule has 58 valence electrons. The van der Waals surface area contributed by atoms with Gasteiger partial charge in [0.1, 0.15) is 6.29 Å². The van der Waals surface area contributed by atoms with Gasteiger partial charge in [0, 0.05) is 0 Å². The summed E-state index contributed by atoms with van der Waals surface area (Å²) in [5, 5.41) is 0. The lowest BCUT2D eigenvalue weighted by atomic mass is 9.98. The molecule has 0 radical (unpaired) electrons. The third kappa shape index (κ3) is 3.44. The average molecular weight is 140 g/mol. The van der Waals surface area contributed by atoms with Crippen molar-refractivity contribution in [2.45, 2.75) is 33.6 Å². The predicted octanol–water partition coefficient (Wildman–Crippen LogP) is 2.57. The molecule has 0 saturated carbocycles. The molecule has 0 aliphatic carbocycles. The van der Waals surface area contributed by atoms with Crippen LogP contribution in [0.4, 0.5) is 0 Å². The van der Waals surface area contributed by atoms with Crippen molar-refractivity contribution in [2.75, 3.05) is 0 Å². The molecular weight excluding hydrogens is 124 g/mol. The molecule has 1 unspecified atom stereocenters. The summed E-state index contributed by atoms with van der Waals surface area (Å²) >= 11 is 0. The minimum Gasteiger partial charge on any atom is -0.299 e. The molecule has 0 spiro atoms. The Bertz CT molecular complexity index is 125. The first-order valence-electron chi connectivity index (χ1n) is 3.84. The second-order valence-electron chi connectivity index (χ2n) is 2.74. The fourth-order valence-electron chi connectivity index (χ4n) is 0.932. The highest BCUT2D eigenvalue weighted by atomic mass is 16.1. The van der Waals surface area contributed by atoms with E-state index in [9.17, 15) is 4.79 Å². The number of hydrogen-bond donors (Lipinski definition) is 0. The molecule has 0 aliphatic rings. The molecule has 0 aromatic rings. The van der Waals surface area contributed by atoms with E-state index in [-0.39, 0.29) is 0 Å². The Morgan fingerprint density at radius 3 is 2.60 bits per heavy atom. The summed E-state index contributed by atoms with van der Waals surface area (Å²) in [6.07, 6.45) is 4.88. The number of allylic oxidation sites excluding steroid dienone is 2. The van der Waals surface area contributed by atoms with Gasteiger partial charge >= 0.3 is 0 Å². The first kappa shape index (κ1) is 9.41. The van der Waals surface area contributed by atoms with Crippen LogP contribution in [0.5, 0.6) is 0 Å². The third-order valence-corrected chi connectivity index (χ3v) is 1.83. The fraction of sp³-hybridized carbons (Fsp3) is 0.667. The molecule has 0 saturated heterocycles. The summed E-state index contributed by atoms with van der Waals surface area (Å²) in [7, 11) is 0. The standard InChI is InChI=1S/C9H16O/c1-4-5-8(2)9(3)6-7-10/h6-8H,4-5H2,1-3H3/b9-6+. The van der Waals surface area contributed by atoms with Gasteiger partial charge in [0.25, 0.3) is 0 Å². The average Bonchev–Trinajstić information content (AvgIpc) is 1.89. The van der Waals surface area contributed by atoms with Crippen LogP contribution in [-0.2, 0) is 4.79 Å². The Kier molecular flexibility index (Phi) is 4.91. The van der Waals surface area contributed by atoms with Gasteiger partial charge in [0.05, 0.1) is 0 Å². The van der Waals surface area contributed by atoms with E-state index in [1.54, 1.807) is 6.08 Å². The lowest BCUT2D eigenvalue weighted by molar-refractivity contribution is -0.104. The Hall–Kier alpha value is -0.590. The lowest BCUT2D eigenvalue weighted by Gasteiger charge is -2.08. The van der Waals surface area contributed by atoms with Crippen LogP contribution in [0.15, 0.2) is 11.6 Å². The van der Waals surface area contributed by atoms with Gasteiger partial charge in [-0.05, 0) is 25.3 Å². The molecule has 0 fully saturated rings. The molecule has 1 nitrogen and oxygen atoms in total. The van der Waals surface area contributed by atoms with Crippen molar-refractivity contribution < 1.29 is 4.79 Å². The van der Waals surface area contributed by atoms with E-state index >= 15 is 0 Å². The molecule has 0 heterocycles. The van der Waals surface area contributed by atoms with Crippen LogP contribution in [0.25, 0.3) is 0 Å². The van der Waals surface area contributed by atoms with E-state index in [4.69, 9.17) is 0 Å². The smallest absolute Gasteiger partial charge is 0.142 e. The van der Waals surface area contributed by atoms with Gasteiger partial charge in [-0.1, -0.05) is 25.8 Å². The Balaban J connectivity index is 3.80. The summed E-state index contributed by atoms with van der Waals surface area (Å²) in [6.45, 7) is 6.32. The van der Waals surface area contributed by atoms with E-state index in [1.807, 2.05) is 6.92 Å². The Morgan fingerprint density at radius 2 is 2.20 bits per heavy atom. The van der Waals surface area contributed by atoms with Gasteiger partial charge in [-0.25, -0.2) is 0 Å². The Morgan fingerprint density at radius 1 is 1.60 bits per heavy atom. The summed E-state index contributed by atoms with van der Waals surface area (Å²) in [5.41, 5.74) is 1.19. The summed E-state index contributed by atoms with van der Waals surface area (Å²) in [5.74, 6) is 0.565. The number of aldehydes is 1. The van der Waals surface area contributed by atoms with Crippen molar-refractivity contribution in [1.82, 2.24) is 0 Å². The minimum absolute atomic E-state index is 0.565. The van der Waals surface area contributed by atoms with Crippen molar-refractivity contribution in [3.05, 3.63) is 11.6 Å². The Labute approximate surface area is 63.1 Å². The third-order valence-electron chi connectivity index (χ3n) is 1.83. The van der Waals surface area contributed by atoms with Gasteiger partial charge in [-0.3, -0.25) is 4.79 Å². The van der Waals surface area contributed by atoms with Crippen LogP contribution in [-0.4, -0.2) is 6.29 Å². The first-order chi connectivity index (χ1) is 4.72. The van der Waals surface area contributed by atoms with E-state index in [0.717, 1.165) is 6.29 Å². The van der Waals surface area contributed by atoms with Crippen molar-refractivity contribution in [3.63, 3.8) is 0 Å². The van der Waals surface area contributed by atoms with Gasteiger partial charge in [0.15, 0.2) is 0 Å². The molecule has 0 aliphatic heterocycles. The first-order valence-corrected chi connectivity index (χ1v) is 3.84. The van der Waals surface area contributed by atoms with Gasteiger partial charge in [-0.2, -0.15) is 0 Å². The molecule has 1 atom stereocenters. The van der Waals surface area contributed by atoms with Crippen LogP contribution in [0, 0.1) is 5.92 Å². The number of hydrogen-bond acceptors (Lipinski definition) is 1. The second-order valence-corrected chi connectivity index (χ2v) is 2.74. The number of carbonyl (C=O) groups is 1. The predicted molar refractivity (Wildman–Crippen MR) is 43.9 cm³/mol. The highest BCUT2D eigenvalue weighted by Crippen LogP contribution is 2.14. The van der Waals surface area contributed by atoms with Crippen LogP contribution < -0.4 is 0 Å². The van der Waals surface area contributed by atoms with Crippen molar-refractivity contribution in [1.29, 1.82) is 0 Å². The minimum atomic E-state index is 0.565. The highest BCUT2D eigenvalue weighted by molar-refractivity contribution is 5.66. The largest absolute Gasteiger partial charge is 0.299 e. The lowest BCUT2D eigenvalue weighted by Crippen LogP contribution is -1.95. The second kappa shape index (κ2) is 5.21. The molecular formula is C9H16O. The van der Waals surface area contributed by atoms with Crippen molar-refractivity contribution in [2.24, 2.45) is 5.92 Å². The molecule has 0 amide bonds. The topological polar surface area (TPSA) is 17.1 Å². The molecule has 10 heavy (non-hydrogen) atoms. The molecule has 0 bridgehead atoms. The van der Waals surface area contributed by atoms with Gasteiger partial charge < -0.3 is 0 Å². The van der Waals surface area contributed by atoms with Crippen LogP contribution in [0.2, 0.25) is 0 Å². The van der Waals surface area contributed by atoms with Crippen LogP contribution in [0.3, 0.4) is 0 Å². The number of carbonyl (C=O) groups excluding carboxylic acids is 1. The quantitative estimate of drug-likeness (QED) is 0.433. The van der Waals surface area contributed by atoms with Crippen molar-refractivity contribution >= 4 is 6.29 Å². The SMILES string of the molecule is CCCC(C)/C(C)=C/C=O. The maximum atomic E-state index is 10.0.